The molecule has 1 saturated heterocycles. The highest BCUT2D eigenvalue weighted by Gasteiger charge is 2.23. The molecule has 1 fully saturated rings. The minimum Gasteiger partial charge on any atom is -0.361 e. The number of carbonyl (C=O) groups excluding carboxylic acids is 1. The van der Waals surface area contributed by atoms with Crippen LogP contribution in [0, 0.1) is 34.6 Å². The molecule has 3 aromatic heterocycles. The minimum atomic E-state index is 0.170. The molecule has 0 spiro atoms. The molecule has 0 aromatic carbocycles. The van der Waals surface area contributed by atoms with Gasteiger partial charge in [-0.1, -0.05) is 5.16 Å². The number of amides is 1. The normalized spacial score (nSPS) is 14.4. The van der Waals surface area contributed by atoms with Gasteiger partial charge < -0.3 is 14.3 Å². The molecule has 0 bridgehead atoms. The van der Waals surface area contributed by atoms with Gasteiger partial charge in [0.25, 0.3) is 0 Å². The van der Waals surface area contributed by atoms with Crippen molar-refractivity contribution in [2.75, 3.05) is 31.1 Å². The average Bonchev–Trinajstić information content (AvgIpc) is 3.26. The SMILES string of the molecule is Cc1nc(N2CCN(C(=O)CCc3c(C)noc3C)CC2)cc(-n2cnc(C)c2C)n1. The number of imidazole rings is 1. The molecule has 4 heterocycles. The molecule has 0 unspecified atom stereocenters. The highest BCUT2D eigenvalue weighted by atomic mass is 16.5. The third kappa shape index (κ3) is 4.30. The van der Waals surface area contributed by atoms with Gasteiger partial charge in [0.05, 0.1) is 11.4 Å². The largest absolute Gasteiger partial charge is 0.361 e. The maximum Gasteiger partial charge on any atom is 0.223 e. The third-order valence-corrected chi connectivity index (χ3v) is 6.04. The molecule has 0 aliphatic carbocycles. The molecule has 31 heavy (non-hydrogen) atoms. The minimum absolute atomic E-state index is 0.170. The quantitative estimate of drug-likeness (QED) is 0.622. The number of hydrogen-bond acceptors (Lipinski definition) is 7. The zero-order valence-electron chi connectivity index (χ0n) is 18.8. The Kier molecular flexibility index (Phi) is 5.75. The fourth-order valence-corrected chi connectivity index (χ4v) is 3.99. The summed E-state index contributed by atoms with van der Waals surface area (Å²) in [4.78, 5) is 30.5. The van der Waals surface area contributed by atoms with Crippen LogP contribution in [0.4, 0.5) is 5.82 Å². The number of nitrogens with zero attached hydrogens (tertiary/aromatic N) is 7. The number of hydrogen-bond donors (Lipinski definition) is 0. The molecule has 0 atom stereocenters. The lowest BCUT2D eigenvalue weighted by Crippen LogP contribution is -2.49. The van der Waals surface area contributed by atoms with Crippen molar-refractivity contribution >= 4 is 11.7 Å². The van der Waals surface area contributed by atoms with Crippen LogP contribution in [-0.4, -0.2) is 61.7 Å². The summed E-state index contributed by atoms with van der Waals surface area (Å²) in [5.41, 5.74) is 3.97. The summed E-state index contributed by atoms with van der Waals surface area (Å²) in [7, 11) is 0. The van der Waals surface area contributed by atoms with Crippen molar-refractivity contribution in [1.82, 2.24) is 29.6 Å². The van der Waals surface area contributed by atoms with E-state index in [1.54, 1.807) is 6.33 Å². The van der Waals surface area contributed by atoms with Crippen molar-refractivity contribution < 1.29 is 9.32 Å². The van der Waals surface area contributed by atoms with E-state index >= 15 is 0 Å². The van der Waals surface area contributed by atoms with E-state index in [-0.39, 0.29) is 5.91 Å². The van der Waals surface area contributed by atoms with Gasteiger partial charge in [-0.3, -0.25) is 9.36 Å². The van der Waals surface area contributed by atoms with Gasteiger partial charge in [-0.25, -0.2) is 15.0 Å². The Morgan fingerprint density at radius 3 is 2.32 bits per heavy atom. The van der Waals surface area contributed by atoms with E-state index < -0.39 is 0 Å². The molecular weight excluding hydrogens is 394 g/mol. The Morgan fingerprint density at radius 2 is 1.71 bits per heavy atom. The van der Waals surface area contributed by atoms with E-state index in [9.17, 15) is 4.79 Å². The van der Waals surface area contributed by atoms with E-state index in [1.807, 2.05) is 50.2 Å². The molecule has 1 amide bonds. The Labute approximate surface area is 182 Å². The van der Waals surface area contributed by atoms with Crippen molar-refractivity contribution in [2.24, 2.45) is 0 Å². The van der Waals surface area contributed by atoms with Crippen molar-refractivity contribution in [3.8, 4) is 5.82 Å². The van der Waals surface area contributed by atoms with Crippen LogP contribution in [0.1, 0.15) is 40.7 Å². The number of rotatable bonds is 5. The van der Waals surface area contributed by atoms with Gasteiger partial charge in [-0.15, -0.1) is 0 Å². The first-order valence-corrected chi connectivity index (χ1v) is 10.6. The van der Waals surface area contributed by atoms with Gasteiger partial charge in [-0.05, 0) is 41.0 Å². The standard InChI is InChI=1S/C22H29N7O2/c1-14-16(3)29(13-23-14)21-12-20(24-18(5)25-21)27-8-10-28(11-9-27)22(30)7-6-19-15(2)26-31-17(19)4/h12-13H,6-11H2,1-5H3. The van der Waals surface area contributed by atoms with Crippen LogP contribution >= 0.6 is 0 Å². The van der Waals surface area contributed by atoms with Gasteiger partial charge in [0.15, 0.2) is 0 Å². The van der Waals surface area contributed by atoms with Crippen molar-refractivity contribution in [1.29, 1.82) is 0 Å². The molecule has 0 radical (unpaired) electrons. The lowest BCUT2D eigenvalue weighted by atomic mass is 10.1. The van der Waals surface area contributed by atoms with Gasteiger partial charge in [-0.2, -0.15) is 0 Å². The predicted octanol–water partition coefficient (Wildman–Crippen LogP) is 2.47. The maximum atomic E-state index is 12.7. The van der Waals surface area contributed by atoms with Crippen LogP contribution in [0.2, 0.25) is 0 Å². The van der Waals surface area contributed by atoms with Crippen molar-refractivity contribution in [3.63, 3.8) is 0 Å². The smallest absolute Gasteiger partial charge is 0.223 e. The lowest BCUT2D eigenvalue weighted by Gasteiger charge is -2.35. The van der Waals surface area contributed by atoms with E-state index in [0.717, 1.165) is 59.0 Å². The summed E-state index contributed by atoms with van der Waals surface area (Å²) >= 11 is 0. The molecule has 4 rings (SSSR count). The summed E-state index contributed by atoms with van der Waals surface area (Å²) in [5.74, 6) is 3.39. The van der Waals surface area contributed by atoms with Crippen LogP contribution in [0.25, 0.3) is 5.82 Å². The molecule has 9 nitrogen and oxygen atoms in total. The van der Waals surface area contributed by atoms with Crippen molar-refractivity contribution in [2.45, 2.75) is 47.5 Å². The fourth-order valence-electron chi connectivity index (χ4n) is 3.99. The molecule has 1 aliphatic rings. The molecular formula is C22H29N7O2. The van der Waals surface area contributed by atoms with Crippen LogP contribution in [0.15, 0.2) is 16.9 Å². The van der Waals surface area contributed by atoms with Crippen LogP contribution in [0.3, 0.4) is 0 Å². The number of piperazine rings is 1. The summed E-state index contributed by atoms with van der Waals surface area (Å²) in [6, 6.07) is 2.00. The van der Waals surface area contributed by atoms with E-state index in [1.165, 1.54) is 0 Å². The topological polar surface area (TPSA) is 93.2 Å². The lowest BCUT2D eigenvalue weighted by molar-refractivity contribution is -0.131. The molecule has 164 valence electrons. The van der Waals surface area contributed by atoms with E-state index in [0.29, 0.717) is 25.9 Å². The summed E-state index contributed by atoms with van der Waals surface area (Å²) < 4.78 is 7.18. The second kappa shape index (κ2) is 8.49. The second-order valence-corrected chi connectivity index (χ2v) is 8.09. The monoisotopic (exact) mass is 423 g/mol. The van der Waals surface area contributed by atoms with E-state index in [4.69, 9.17) is 4.52 Å². The number of carbonyl (C=O) groups is 1. The summed E-state index contributed by atoms with van der Waals surface area (Å²) in [6.07, 6.45) is 2.93. The molecule has 3 aromatic rings. The predicted molar refractivity (Wildman–Crippen MR) is 116 cm³/mol. The first-order chi connectivity index (χ1) is 14.8. The van der Waals surface area contributed by atoms with Crippen LogP contribution < -0.4 is 4.90 Å². The zero-order chi connectivity index (χ0) is 22.1. The van der Waals surface area contributed by atoms with Gasteiger partial charge in [0, 0.05) is 49.9 Å². The Balaban J connectivity index is 1.39. The van der Waals surface area contributed by atoms with Gasteiger partial charge in [0.2, 0.25) is 5.91 Å². The first kappa shape index (κ1) is 21.0. The van der Waals surface area contributed by atoms with Gasteiger partial charge >= 0.3 is 0 Å². The maximum absolute atomic E-state index is 12.7. The molecule has 0 saturated carbocycles. The Morgan fingerprint density at radius 1 is 1.00 bits per heavy atom. The molecule has 1 aliphatic heterocycles. The summed E-state index contributed by atoms with van der Waals surface area (Å²) in [5, 5.41) is 3.97. The van der Waals surface area contributed by atoms with Gasteiger partial charge in [0.1, 0.15) is 29.5 Å². The summed E-state index contributed by atoms with van der Waals surface area (Å²) in [6.45, 7) is 12.6. The highest BCUT2D eigenvalue weighted by molar-refractivity contribution is 5.76. The van der Waals surface area contributed by atoms with E-state index in [2.05, 4.69) is 25.0 Å². The average molecular weight is 424 g/mol. The number of aromatic nitrogens is 5. The first-order valence-electron chi connectivity index (χ1n) is 10.6. The van der Waals surface area contributed by atoms with Crippen LogP contribution in [0.5, 0.6) is 0 Å². The van der Waals surface area contributed by atoms with Crippen molar-refractivity contribution in [3.05, 3.63) is 46.6 Å². The third-order valence-electron chi connectivity index (χ3n) is 6.04. The molecule has 9 heteroatoms. The Bertz CT molecular complexity index is 1070. The Hall–Kier alpha value is -3.23. The molecule has 0 N–H and O–H groups in total. The second-order valence-electron chi connectivity index (χ2n) is 8.09. The fraction of sp³-hybridized carbons (Fsp3) is 0.500. The number of aryl methyl sites for hydroxylation is 4. The highest BCUT2D eigenvalue weighted by Crippen LogP contribution is 2.20. The van der Waals surface area contributed by atoms with Crippen LogP contribution in [-0.2, 0) is 11.2 Å². The number of anilines is 1. The zero-order valence-corrected chi connectivity index (χ0v) is 18.8.